The SMILES string of the molecule is Cl.NC(c1ccccc1Cl)C(F)(F)F. The summed E-state index contributed by atoms with van der Waals surface area (Å²) in [6, 6.07) is 3.64. The summed E-state index contributed by atoms with van der Waals surface area (Å²) < 4.78 is 36.4. The van der Waals surface area contributed by atoms with Crippen molar-refractivity contribution in [1.82, 2.24) is 0 Å². The van der Waals surface area contributed by atoms with E-state index in [-0.39, 0.29) is 23.0 Å². The van der Waals surface area contributed by atoms with Crippen LogP contribution in [0.1, 0.15) is 11.6 Å². The molecule has 1 atom stereocenters. The van der Waals surface area contributed by atoms with Crippen molar-refractivity contribution in [1.29, 1.82) is 0 Å². The molecule has 0 amide bonds. The van der Waals surface area contributed by atoms with Crippen molar-refractivity contribution in [2.75, 3.05) is 0 Å². The zero-order chi connectivity index (χ0) is 10.1. The molecule has 1 rings (SSSR count). The lowest BCUT2D eigenvalue weighted by Crippen LogP contribution is -2.28. The van der Waals surface area contributed by atoms with Gasteiger partial charge in [-0.3, -0.25) is 0 Å². The average molecular weight is 246 g/mol. The summed E-state index contributed by atoms with van der Waals surface area (Å²) in [6.07, 6.45) is -4.45. The molecule has 0 aliphatic carbocycles. The molecule has 0 aliphatic rings. The Hall–Kier alpha value is -0.450. The second-order valence-electron chi connectivity index (χ2n) is 2.54. The summed E-state index contributed by atoms with van der Waals surface area (Å²) in [4.78, 5) is 0. The quantitative estimate of drug-likeness (QED) is 0.808. The molecule has 0 aliphatic heterocycles. The fourth-order valence-electron chi connectivity index (χ4n) is 0.904. The van der Waals surface area contributed by atoms with Crippen molar-refractivity contribution in [2.45, 2.75) is 12.2 Å². The molecule has 1 unspecified atom stereocenters. The maximum Gasteiger partial charge on any atom is 0.407 e. The predicted molar refractivity (Wildman–Crippen MR) is 51.7 cm³/mol. The highest BCUT2D eigenvalue weighted by Crippen LogP contribution is 2.33. The van der Waals surface area contributed by atoms with E-state index >= 15 is 0 Å². The van der Waals surface area contributed by atoms with Gasteiger partial charge in [0.25, 0.3) is 0 Å². The van der Waals surface area contributed by atoms with Crippen LogP contribution in [-0.2, 0) is 0 Å². The molecule has 1 aromatic carbocycles. The first-order valence-electron chi connectivity index (χ1n) is 3.49. The van der Waals surface area contributed by atoms with Crippen LogP contribution >= 0.6 is 24.0 Å². The van der Waals surface area contributed by atoms with Crippen molar-refractivity contribution < 1.29 is 13.2 Å². The summed E-state index contributed by atoms with van der Waals surface area (Å²) in [5.41, 5.74) is 4.86. The summed E-state index contributed by atoms with van der Waals surface area (Å²) >= 11 is 5.55. The number of hydrogen-bond donors (Lipinski definition) is 1. The Balaban J connectivity index is 0.00000169. The molecule has 0 saturated heterocycles. The van der Waals surface area contributed by atoms with Gasteiger partial charge in [-0.05, 0) is 11.6 Å². The van der Waals surface area contributed by atoms with E-state index < -0.39 is 12.2 Å². The third kappa shape index (κ3) is 3.04. The van der Waals surface area contributed by atoms with Crippen molar-refractivity contribution in [3.8, 4) is 0 Å². The Kier molecular flexibility index (Phi) is 4.71. The Morgan fingerprint density at radius 2 is 1.71 bits per heavy atom. The monoisotopic (exact) mass is 245 g/mol. The molecular weight excluding hydrogens is 238 g/mol. The zero-order valence-corrected chi connectivity index (χ0v) is 8.46. The van der Waals surface area contributed by atoms with E-state index in [1.807, 2.05) is 0 Å². The maximum absolute atomic E-state index is 12.1. The lowest BCUT2D eigenvalue weighted by Gasteiger charge is -2.16. The van der Waals surface area contributed by atoms with E-state index in [4.69, 9.17) is 17.3 Å². The van der Waals surface area contributed by atoms with Gasteiger partial charge in [-0.1, -0.05) is 29.8 Å². The molecule has 1 nitrogen and oxygen atoms in total. The van der Waals surface area contributed by atoms with Gasteiger partial charge in [0.15, 0.2) is 0 Å². The van der Waals surface area contributed by atoms with Gasteiger partial charge >= 0.3 is 6.18 Å². The number of hydrogen-bond acceptors (Lipinski definition) is 1. The molecule has 0 heterocycles. The van der Waals surface area contributed by atoms with E-state index in [0.29, 0.717) is 0 Å². The normalized spacial score (nSPS) is 13.2. The molecular formula is C8H8Cl2F3N. The van der Waals surface area contributed by atoms with E-state index in [1.165, 1.54) is 18.2 Å². The average Bonchev–Trinajstić information content (AvgIpc) is 2.02. The molecule has 0 fully saturated rings. The molecule has 1 aromatic rings. The van der Waals surface area contributed by atoms with Gasteiger partial charge in [0.1, 0.15) is 6.04 Å². The first-order valence-corrected chi connectivity index (χ1v) is 3.87. The standard InChI is InChI=1S/C8H7ClF3N.ClH/c9-6-4-2-1-3-5(6)7(13)8(10,11)12;/h1-4,7H,13H2;1H. The van der Waals surface area contributed by atoms with Gasteiger partial charge in [-0.2, -0.15) is 13.2 Å². The van der Waals surface area contributed by atoms with Crippen LogP contribution in [0.4, 0.5) is 13.2 Å². The van der Waals surface area contributed by atoms with Crippen LogP contribution in [-0.4, -0.2) is 6.18 Å². The topological polar surface area (TPSA) is 26.0 Å². The lowest BCUT2D eigenvalue weighted by molar-refractivity contribution is -0.149. The molecule has 0 spiro atoms. The van der Waals surface area contributed by atoms with Crippen molar-refractivity contribution >= 4 is 24.0 Å². The van der Waals surface area contributed by atoms with Crippen LogP contribution in [0.5, 0.6) is 0 Å². The highest BCUT2D eigenvalue weighted by atomic mass is 35.5. The van der Waals surface area contributed by atoms with Crippen LogP contribution in [0, 0.1) is 0 Å². The first kappa shape index (κ1) is 13.5. The second-order valence-corrected chi connectivity index (χ2v) is 2.95. The summed E-state index contributed by atoms with van der Waals surface area (Å²) in [5, 5.41) is 0.0346. The minimum Gasteiger partial charge on any atom is -0.316 e. The van der Waals surface area contributed by atoms with E-state index in [2.05, 4.69) is 0 Å². The van der Waals surface area contributed by atoms with Gasteiger partial charge < -0.3 is 5.73 Å². The fraction of sp³-hybridized carbons (Fsp3) is 0.250. The largest absolute Gasteiger partial charge is 0.407 e. The van der Waals surface area contributed by atoms with Crippen molar-refractivity contribution in [3.63, 3.8) is 0 Å². The van der Waals surface area contributed by atoms with Crippen LogP contribution in [0.2, 0.25) is 5.02 Å². The van der Waals surface area contributed by atoms with Gasteiger partial charge in [-0.25, -0.2) is 0 Å². The van der Waals surface area contributed by atoms with E-state index in [0.717, 1.165) is 0 Å². The van der Waals surface area contributed by atoms with Gasteiger partial charge in [0, 0.05) is 5.02 Å². The number of rotatable bonds is 1. The van der Waals surface area contributed by atoms with E-state index in [9.17, 15) is 13.2 Å². The summed E-state index contributed by atoms with van der Waals surface area (Å²) in [5.74, 6) is 0. The van der Waals surface area contributed by atoms with Gasteiger partial charge in [0.05, 0.1) is 0 Å². The maximum atomic E-state index is 12.1. The molecule has 80 valence electrons. The van der Waals surface area contributed by atoms with Gasteiger partial charge in [-0.15, -0.1) is 12.4 Å². The summed E-state index contributed by atoms with van der Waals surface area (Å²) in [7, 11) is 0. The molecule has 0 radical (unpaired) electrons. The van der Waals surface area contributed by atoms with Crippen LogP contribution in [0.3, 0.4) is 0 Å². The minimum atomic E-state index is -4.45. The Labute approximate surface area is 90.5 Å². The molecule has 2 N–H and O–H groups in total. The fourth-order valence-corrected chi connectivity index (χ4v) is 1.16. The number of benzene rings is 1. The molecule has 0 saturated carbocycles. The van der Waals surface area contributed by atoms with Crippen LogP contribution in [0.25, 0.3) is 0 Å². The second kappa shape index (κ2) is 4.87. The molecule has 0 bridgehead atoms. The zero-order valence-electron chi connectivity index (χ0n) is 6.88. The van der Waals surface area contributed by atoms with Gasteiger partial charge in [0.2, 0.25) is 0 Å². The predicted octanol–water partition coefficient (Wildman–Crippen LogP) is 3.32. The summed E-state index contributed by atoms with van der Waals surface area (Å²) in [6.45, 7) is 0. The first-order chi connectivity index (χ1) is 5.93. The third-order valence-electron chi connectivity index (χ3n) is 1.59. The highest BCUT2D eigenvalue weighted by molar-refractivity contribution is 6.31. The molecule has 14 heavy (non-hydrogen) atoms. The highest BCUT2D eigenvalue weighted by Gasteiger charge is 2.38. The number of nitrogens with two attached hydrogens (primary N) is 1. The number of halogens is 5. The van der Waals surface area contributed by atoms with E-state index in [1.54, 1.807) is 6.07 Å². The lowest BCUT2D eigenvalue weighted by atomic mass is 10.1. The smallest absolute Gasteiger partial charge is 0.316 e. The minimum absolute atomic E-state index is 0. The third-order valence-corrected chi connectivity index (χ3v) is 1.94. The Morgan fingerprint density at radius 1 is 1.21 bits per heavy atom. The number of alkyl halides is 3. The molecule has 0 aromatic heterocycles. The van der Waals surface area contributed by atoms with Crippen molar-refractivity contribution in [3.05, 3.63) is 34.9 Å². The molecule has 6 heteroatoms. The van der Waals surface area contributed by atoms with Crippen LogP contribution in [0.15, 0.2) is 24.3 Å². The Bertz CT molecular complexity index is 301. The van der Waals surface area contributed by atoms with Crippen molar-refractivity contribution in [2.24, 2.45) is 5.73 Å². The Morgan fingerprint density at radius 3 is 2.14 bits per heavy atom. The van der Waals surface area contributed by atoms with Crippen LogP contribution < -0.4 is 5.73 Å².